The predicted octanol–water partition coefficient (Wildman–Crippen LogP) is 2.68. The Kier molecular flexibility index (Phi) is 5.38. The molecule has 0 fully saturated rings. The second kappa shape index (κ2) is 6.39. The van der Waals surface area contributed by atoms with Crippen LogP contribution in [0.4, 0.5) is 0 Å². The van der Waals surface area contributed by atoms with E-state index in [1.165, 1.54) is 6.07 Å². The predicted molar refractivity (Wildman–Crippen MR) is 78.2 cm³/mol. The molecule has 19 heavy (non-hydrogen) atoms. The average Bonchev–Trinajstić information content (AvgIpc) is 2.27. The van der Waals surface area contributed by atoms with E-state index in [4.69, 9.17) is 0 Å². The molecule has 0 aliphatic carbocycles. The molecule has 0 aliphatic rings. The van der Waals surface area contributed by atoms with Crippen LogP contribution in [0.2, 0.25) is 0 Å². The minimum atomic E-state index is -0.411. The van der Waals surface area contributed by atoms with Crippen molar-refractivity contribution >= 4 is 21.8 Å². The summed E-state index contributed by atoms with van der Waals surface area (Å²) in [5.41, 5.74) is 0.0353. The van der Waals surface area contributed by atoms with Crippen molar-refractivity contribution in [2.24, 2.45) is 5.41 Å². The van der Waals surface area contributed by atoms with Crippen LogP contribution in [0.15, 0.2) is 22.7 Å². The highest BCUT2D eigenvalue weighted by Crippen LogP contribution is 2.24. The highest BCUT2D eigenvalue weighted by atomic mass is 79.9. The van der Waals surface area contributed by atoms with Gasteiger partial charge in [0.1, 0.15) is 5.75 Å². The lowest BCUT2D eigenvalue weighted by Crippen LogP contribution is -2.35. The zero-order valence-electron chi connectivity index (χ0n) is 11.4. The van der Waals surface area contributed by atoms with Crippen LogP contribution in [0.5, 0.6) is 5.75 Å². The third-order valence-corrected chi connectivity index (χ3v) is 3.27. The average molecular weight is 330 g/mol. The maximum Gasteiger partial charge on any atom is 0.255 e. The molecule has 0 bridgehead atoms. The lowest BCUT2D eigenvalue weighted by atomic mass is 9.87. The fourth-order valence-electron chi connectivity index (χ4n) is 1.98. The molecule has 0 heterocycles. The van der Waals surface area contributed by atoms with Gasteiger partial charge in [0.15, 0.2) is 0 Å². The summed E-state index contributed by atoms with van der Waals surface area (Å²) in [6.07, 6.45) is 0.184. The van der Waals surface area contributed by atoms with Gasteiger partial charge >= 0.3 is 0 Å². The molecule has 0 saturated heterocycles. The summed E-state index contributed by atoms with van der Waals surface area (Å²) in [5.74, 6) is -0.369. The zero-order chi connectivity index (χ0) is 14.6. The molecule has 1 aromatic carbocycles. The molecule has 5 heteroatoms. The molecule has 3 N–H and O–H groups in total. The molecule has 0 saturated carbocycles. The zero-order valence-corrected chi connectivity index (χ0v) is 13.0. The van der Waals surface area contributed by atoms with Gasteiger partial charge < -0.3 is 15.5 Å². The third kappa shape index (κ3) is 5.20. The van der Waals surface area contributed by atoms with Gasteiger partial charge in [-0.05, 0) is 37.0 Å². The van der Waals surface area contributed by atoms with E-state index in [0.717, 1.165) is 4.47 Å². The van der Waals surface area contributed by atoms with E-state index < -0.39 is 6.10 Å². The maximum absolute atomic E-state index is 12.0. The largest absolute Gasteiger partial charge is 0.507 e. The second-order valence-corrected chi connectivity index (χ2v) is 6.48. The van der Waals surface area contributed by atoms with Crippen LogP contribution in [0, 0.1) is 5.41 Å². The number of benzene rings is 1. The minimum absolute atomic E-state index is 0.0472. The molecule has 0 radical (unpaired) electrons. The molecule has 0 spiro atoms. The molecular weight excluding hydrogens is 310 g/mol. The van der Waals surface area contributed by atoms with Crippen LogP contribution in [0.1, 0.15) is 37.6 Å². The molecule has 0 aromatic heterocycles. The van der Waals surface area contributed by atoms with E-state index in [-0.39, 0.29) is 22.6 Å². The molecule has 1 aromatic rings. The van der Waals surface area contributed by atoms with Gasteiger partial charge in [0, 0.05) is 11.0 Å². The van der Waals surface area contributed by atoms with Crippen LogP contribution < -0.4 is 5.32 Å². The molecule has 1 atom stereocenters. The highest BCUT2D eigenvalue weighted by molar-refractivity contribution is 9.10. The maximum atomic E-state index is 12.0. The molecule has 106 valence electrons. The molecule has 1 rings (SSSR count). The first kappa shape index (κ1) is 16.0. The highest BCUT2D eigenvalue weighted by Gasteiger charge is 2.22. The Morgan fingerprint density at radius 1 is 1.47 bits per heavy atom. The van der Waals surface area contributed by atoms with Gasteiger partial charge in [0.2, 0.25) is 0 Å². The number of phenols is 1. The van der Waals surface area contributed by atoms with Gasteiger partial charge in [-0.2, -0.15) is 0 Å². The second-order valence-electron chi connectivity index (χ2n) is 5.56. The lowest BCUT2D eigenvalue weighted by Gasteiger charge is -2.26. The van der Waals surface area contributed by atoms with Crippen molar-refractivity contribution in [2.75, 3.05) is 6.54 Å². The summed E-state index contributed by atoms with van der Waals surface area (Å²) in [6.45, 7) is 6.11. The first-order valence-corrected chi connectivity index (χ1v) is 6.95. The number of aliphatic hydroxyl groups is 1. The number of aromatic hydroxyl groups is 1. The van der Waals surface area contributed by atoms with Gasteiger partial charge in [-0.15, -0.1) is 0 Å². The van der Waals surface area contributed by atoms with Crippen molar-refractivity contribution in [3.63, 3.8) is 0 Å². The summed E-state index contributed by atoms with van der Waals surface area (Å²) in [5, 5.41) is 21.8. The monoisotopic (exact) mass is 329 g/mol. The SMILES string of the molecule is CC(O)CC(C)(C)CNC(=O)c1cc(Br)ccc1O. The van der Waals surface area contributed by atoms with E-state index in [9.17, 15) is 15.0 Å². The van der Waals surface area contributed by atoms with Crippen LogP contribution >= 0.6 is 15.9 Å². The Balaban J connectivity index is 2.68. The summed E-state index contributed by atoms with van der Waals surface area (Å²) in [6, 6.07) is 4.72. The molecular formula is C14H20BrNO3. The lowest BCUT2D eigenvalue weighted by molar-refractivity contribution is 0.0899. The minimum Gasteiger partial charge on any atom is -0.507 e. The topological polar surface area (TPSA) is 69.6 Å². The number of nitrogens with one attached hydrogen (secondary N) is 1. The number of carbonyl (C=O) groups is 1. The quantitative estimate of drug-likeness (QED) is 0.777. The fraction of sp³-hybridized carbons (Fsp3) is 0.500. The van der Waals surface area contributed by atoms with Crippen LogP contribution in [0.3, 0.4) is 0 Å². The number of hydrogen-bond donors (Lipinski definition) is 3. The van der Waals surface area contributed by atoms with E-state index in [2.05, 4.69) is 21.2 Å². The van der Waals surface area contributed by atoms with Gasteiger partial charge in [-0.1, -0.05) is 29.8 Å². The van der Waals surface area contributed by atoms with Gasteiger partial charge in [0.05, 0.1) is 11.7 Å². The van der Waals surface area contributed by atoms with Crippen molar-refractivity contribution in [1.82, 2.24) is 5.32 Å². The summed E-state index contributed by atoms with van der Waals surface area (Å²) >= 11 is 3.26. The normalized spacial score (nSPS) is 13.1. The first-order valence-electron chi connectivity index (χ1n) is 6.16. The van der Waals surface area contributed by atoms with E-state index in [0.29, 0.717) is 13.0 Å². The van der Waals surface area contributed by atoms with Crippen LogP contribution in [0.25, 0.3) is 0 Å². The van der Waals surface area contributed by atoms with Crippen molar-refractivity contribution in [2.45, 2.75) is 33.3 Å². The number of phenolic OH excluding ortho intramolecular Hbond substituents is 1. The van der Waals surface area contributed by atoms with Crippen molar-refractivity contribution < 1.29 is 15.0 Å². The van der Waals surface area contributed by atoms with Gasteiger partial charge in [-0.3, -0.25) is 4.79 Å². The Bertz CT molecular complexity index is 458. The fourth-order valence-corrected chi connectivity index (χ4v) is 2.34. The van der Waals surface area contributed by atoms with Gasteiger partial charge in [0.25, 0.3) is 5.91 Å². The van der Waals surface area contributed by atoms with Crippen molar-refractivity contribution in [3.8, 4) is 5.75 Å². The van der Waals surface area contributed by atoms with Crippen LogP contribution in [-0.2, 0) is 0 Å². The van der Waals surface area contributed by atoms with Gasteiger partial charge in [-0.25, -0.2) is 0 Å². The van der Waals surface area contributed by atoms with E-state index in [1.807, 2.05) is 13.8 Å². The number of hydrogen-bond acceptors (Lipinski definition) is 3. The molecule has 0 aliphatic heterocycles. The first-order chi connectivity index (χ1) is 8.71. The van der Waals surface area contributed by atoms with E-state index >= 15 is 0 Å². The number of halogens is 1. The Morgan fingerprint density at radius 3 is 2.68 bits per heavy atom. The smallest absolute Gasteiger partial charge is 0.255 e. The van der Waals surface area contributed by atoms with Crippen LogP contribution in [-0.4, -0.2) is 28.8 Å². The third-order valence-electron chi connectivity index (χ3n) is 2.78. The standard InChI is InChI=1S/C14H20BrNO3/c1-9(17)7-14(2,3)8-16-13(19)11-6-10(15)4-5-12(11)18/h4-6,9,17-18H,7-8H2,1-3H3,(H,16,19). The molecule has 1 amide bonds. The summed E-state index contributed by atoms with van der Waals surface area (Å²) in [7, 11) is 0. The Hall–Kier alpha value is -1.07. The number of carbonyl (C=O) groups excluding carboxylic acids is 1. The number of rotatable bonds is 5. The van der Waals surface area contributed by atoms with E-state index in [1.54, 1.807) is 19.1 Å². The summed E-state index contributed by atoms with van der Waals surface area (Å²) in [4.78, 5) is 12.0. The van der Waals surface area contributed by atoms with Crippen molar-refractivity contribution in [3.05, 3.63) is 28.2 Å². The summed E-state index contributed by atoms with van der Waals surface area (Å²) < 4.78 is 0.735. The van der Waals surface area contributed by atoms with Crippen molar-refractivity contribution in [1.29, 1.82) is 0 Å². The number of amides is 1. The Morgan fingerprint density at radius 2 is 2.11 bits per heavy atom. The Labute approximate surface area is 122 Å². The molecule has 4 nitrogen and oxygen atoms in total. The number of aliphatic hydroxyl groups excluding tert-OH is 1. The molecule has 1 unspecified atom stereocenters.